The van der Waals surface area contributed by atoms with Gasteiger partial charge in [0.1, 0.15) is 5.92 Å². The molecule has 98 valence electrons. The molecule has 0 saturated carbocycles. The van der Waals surface area contributed by atoms with Crippen LogP contribution in [0.3, 0.4) is 0 Å². The molecule has 2 unspecified atom stereocenters. The van der Waals surface area contributed by atoms with E-state index in [1.165, 1.54) is 6.42 Å². The molecule has 18 heavy (non-hydrogen) atoms. The van der Waals surface area contributed by atoms with Gasteiger partial charge in [0.15, 0.2) is 11.6 Å². The van der Waals surface area contributed by atoms with Gasteiger partial charge < -0.3 is 9.26 Å². The Kier molecular flexibility index (Phi) is 3.65. The zero-order chi connectivity index (χ0) is 12.4. The molecular weight excluding hydrogens is 252 g/mol. The highest BCUT2D eigenvalue weighted by molar-refractivity contribution is 8.00. The molecule has 5 nitrogen and oxygen atoms in total. The van der Waals surface area contributed by atoms with E-state index in [1.54, 1.807) is 11.8 Å². The molecule has 1 aromatic heterocycles. The van der Waals surface area contributed by atoms with Crippen LogP contribution < -0.4 is 0 Å². The Morgan fingerprint density at radius 1 is 1.39 bits per heavy atom. The molecule has 3 rings (SSSR count). The summed E-state index contributed by atoms with van der Waals surface area (Å²) in [5.74, 6) is 2.49. The summed E-state index contributed by atoms with van der Waals surface area (Å²) < 4.78 is 10.9. The van der Waals surface area contributed by atoms with E-state index in [1.807, 2.05) is 0 Å². The second kappa shape index (κ2) is 5.40. The second-order valence-electron chi connectivity index (χ2n) is 4.78. The van der Waals surface area contributed by atoms with Gasteiger partial charge in [0.2, 0.25) is 5.89 Å². The number of ether oxygens (including phenoxy) is 1. The molecule has 2 fully saturated rings. The average molecular weight is 268 g/mol. The molecule has 0 amide bonds. The lowest BCUT2D eigenvalue weighted by molar-refractivity contribution is -0.117. The van der Waals surface area contributed by atoms with Crippen LogP contribution in [0, 0.1) is 0 Å². The second-order valence-corrected chi connectivity index (χ2v) is 5.81. The van der Waals surface area contributed by atoms with Crippen LogP contribution in [0.5, 0.6) is 0 Å². The zero-order valence-electron chi connectivity index (χ0n) is 10.1. The number of hydrogen-bond donors (Lipinski definition) is 0. The van der Waals surface area contributed by atoms with Gasteiger partial charge in [0.25, 0.3) is 0 Å². The number of Topliss-reactive ketones (excluding diaryl/α,β-unsaturated/α-hetero) is 1. The van der Waals surface area contributed by atoms with Crippen LogP contribution in [-0.4, -0.2) is 40.1 Å². The number of thioether (sulfide) groups is 1. The van der Waals surface area contributed by atoms with Crippen molar-refractivity contribution in [2.75, 3.05) is 18.1 Å². The van der Waals surface area contributed by atoms with Crippen molar-refractivity contribution in [2.45, 2.75) is 37.7 Å². The minimum absolute atomic E-state index is 0.191. The summed E-state index contributed by atoms with van der Waals surface area (Å²) in [6, 6.07) is 0. The number of carbonyl (C=O) groups is 1. The van der Waals surface area contributed by atoms with Gasteiger partial charge in [-0.1, -0.05) is 5.16 Å². The summed E-state index contributed by atoms with van der Waals surface area (Å²) in [4.78, 5) is 15.9. The summed E-state index contributed by atoms with van der Waals surface area (Å²) in [6.45, 7) is 0.827. The fourth-order valence-corrected chi connectivity index (χ4v) is 3.43. The minimum atomic E-state index is -0.191. The molecule has 6 heteroatoms. The molecule has 0 aliphatic carbocycles. The first-order valence-corrected chi connectivity index (χ1v) is 7.53. The van der Waals surface area contributed by atoms with Gasteiger partial charge in [-0.2, -0.15) is 16.7 Å². The standard InChI is InChI=1S/C12H16N2O3S/c15-10-7-18-6-9(10)12-13-11(14-17-12)5-8-3-1-2-4-16-8/h8-9H,1-7H2. The van der Waals surface area contributed by atoms with Crippen LogP contribution in [-0.2, 0) is 16.0 Å². The number of ketones is 1. The van der Waals surface area contributed by atoms with Crippen molar-refractivity contribution in [3.05, 3.63) is 11.7 Å². The lowest BCUT2D eigenvalue weighted by Crippen LogP contribution is -2.22. The third kappa shape index (κ3) is 2.59. The Hall–Kier alpha value is -0.880. The molecular formula is C12H16N2O3S. The predicted molar refractivity (Wildman–Crippen MR) is 66.7 cm³/mol. The smallest absolute Gasteiger partial charge is 0.238 e. The lowest BCUT2D eigenvalue weighted by Gasteiger charge is -2.20. The van der Waals surface area contributed by atoms with Gasteiger partial charge in [-0.25, -0.2) is 0 Å². The van der Waals surface area contributed by atoms with Gasteiger partial charge in [0, 0.05) is 18.8 Å². The zero-order valence-corrected chi connectivity index (χ0v) is 10.9. The van der Waals surface area contributed by atoms with Gasteiger partial charge in [-0.15, -0.1) is 0 Å². The number of aromatic nitrogens is 2. The first kappa shape index (κ1) is 12.2. The maximum absolute atomic E-state index is 11.6. The van der Waals surface area contributed by atoms with E-state index >= 15 is 0 Å². The maximum Gasteiger partial charge on any atom is 0.238 e. The van der Waals surface area contributed by atoms with Gasteiger partial charge in [-0.05, 0) is 19.3 Å². The van der Waals surface area contributed by atoms with Crippen molar-refractivity contribution in [2.24, 2.45) is 0 Å². The normalized spacial score (nSPS) is 28.8. The third-order valence-electron chi connectivity index (χ3n) is 3.38. The predicted octanol–water partition coefficient (Wildman–Crippen LogP) is 1.58. The highest BCUT2D eigenvalue weighted by atomic mass is 32.2. The molecule has 0 radical (unpaired) electrons. The van der Waals surface area contributed by atoms with E-state index in [-0.39, 0.29) is 17.8 Å². The molecule has 3 heterocycles. The van der Waals surface area contributed by atoms with E-state index in [2.05, 4.69) is 10.1 Å². The van der Waals surface area contributed by atoms with E-state index in [4.69, 9.17) is 9.26 Å². The van der Waals surface area contributed by atoms with E-state index < -0.39 is 0 Å². The number of rotatable bonds is 3. The van der Waals surface area contributed by atoms with Crippen LogP contribution in [0.2, 0.25) is 0 Å². The Morgan fingerprint density at radius 2 is 2.33 bits per heavy atom. The average Bonchev–Trinajstić information content (AvgIpc) is 2.99. The SMILES string of the molecule is O=C1CSCC1c1nc(CC2CCCCO2)no1. The van der Waals surface area contributed by atoms with E-state index in [0.29, 0.717) is 23.9 Å². The van der Waals surface area contributed by atoms with E-state index in [0.717, 1.165) is 25.2 Å². The summed E-state index contributed by atoms with van der Waals surface area (Å²) >= 11 is 1.63. The molecule has 2 aliphatic heterocycles. The topological polar surface area (TPSA) is 65.2 Å². The molecule has 0 N–H and O–H groups in total. The number of hydrogen-bond acceptors (Lipinski definition) is 6. The van der Waals surface area contributed by atoms with Crippen LogP contribution in [0.1, 0.15) is 36.9 Å². The van der Waals surface area contributed by atoms with Crippen molar-refractivity contribution >= 4 is 17.5 Å². The Balaban J connectivity index is 1.63. The maximum atomic E-state index is 11.6. The first-order chi connectivity index (χ1) is 8.83. The van der Waals surface area contributed by atoms with Crippen molar-refractivity contribution in [3.8, 4) is 0 Å². The highest BCUT2D eigenvalue weighted by Gasteiger charge is 2.31. The highest BCUT2D eigenvalue weighted by Crippen LogP contribution is 2.28. The van der Waals surface area contributed by atoms with Gasteiger partial charge >= 0.3 is 0 Å². The number of carbonyl (C=O) groups excluding carboxylic acids is 1. The molecule has 0 spiro atoms. The minimum Gasteiger partial charge on any atom is -0.378 e. The number of nitrogens with zero attached hydrogens (tertiary/aromatic N) is 2. The monoisotopic (exact) mass is 268 g/mol. The first-order valence-electron chi connectivity index (χ1n) is 6.37. The summed E-state index contributed by atoms with van der Waals surface area (Å²) in [7, 11) is 0. The van der Waals surface area contributed by atoms with Crippen LogP contribution in [0.25, 0.3) is 0 Å². The molecule has 0 aromatic carbocycles. The Morgan fingerprint density at radius 3 is 3.06 bits per heavy atom. The van der Waals surface area contributed by atoms with Crippen molar-refractivity contribution in [1.29, 1.82) is 0 Å². The fourth-order valence-electron chi connectivity index (χ4n) is 2.34. The largest absolute Gasteiger partial charge is 0.378 e. The van der Waals surface area contributed by atoms with Crippen molar-refractivity contribution in [3.63, 3.8) is 0 Å². The van der Waals surface area contributed by atoms with Gasteiger partial charge in [-0.3, -0.25) is 4.79 Å². The summed E-state index contributed by atoms with van der Waals surface area (Å²) in [5.41, 5.74) is 0. The Bertz CT molecular complexity index is 429. The molecule has 0 bridgehead atoms. The van der Waals surface area contributed by atoms with Gasteiger partial charge in [0.05, 0.1) is 11.9 Å². The van der Waals surface area contributed by atoms with Crippen molar-refractivity contribution in [1.82, 2.24) is 10.1 Å². The van der Waals surface area contributed by atoms with Crippen LogP contribution in [0.4, 0.5) is 0 Å². The summed E-state index contributed by atoms with van der Waals surface area (Å²) in [5, 5.41) is 3.96. The Labute approximate surface area is 110 Å². The lowest BCUT2D eigenvalue weighted by atomic mass is 10.1. The summed E-state index contributed by atoms with van der Waals surface area (Å²) in [6.07, 6.45) is 4.30. The third-order valence-corrected chi connectivity index (χ3v) is 4.44. The van der Waals surface area contributed by atoms with Crippen LogP contribution >= 0.6 is 11.8 Å². The molecule has 1 aromatic rings. The fraction of sp³-hybridized carbons (Fsp3) is 0.750. The molecule has 2 saturated heterocycles. The molecule has 2 aliphatic rings. The van der Waals surface area contributed by atoms with E-state index in [9.17, 15) is 4.79 Å². The quantitative estimate of drug-likeness (QED) is 0.829. The van der Waals surface area contributed by atoms with Crippen LogP contribution in [0.15, 0.2) is 4.52 Å². The van der Waals surface area contributed by atoms with Crippen molar-refractivity contribution < 1.29 is 14.1 Å². The molecule has 2 atom stereocenters.